The fourth-order valence-electron chi connectivity index (χ4n) is 16.9. The van der Waals surface area contributed by atoms with Crippen LogP contribution in [0.2, 0.25) is 0 Å². The van der Waals surface area contributed by atoms with Crippen LogP contribution in [-0.4, -0.2) is 200 Å². The number of fused-ring (bicyclic) bond motifs is 7. The lowest BCUT2D eigenvalue weighted by molar-refractivity contribution is -0.275. The van der Waals surface area contributed by atoms with Crippen molar-refractivity contribution in [1.82, 2.24) is 58.5 Å². The van der Waals surface area contributed by atoms with Crippen LogP contribution in [0.4, 0.5) is 92.7 Å². The van der Waals surface area contributed by atoms with Crippen LogP contribution in [0.5, 0.6) is 17.2 Å². The number of nitrogens with two attached hydrogens (primary N) is 2. The number of methoxy groups -OCH3 is 1. The first-order chi connectivity index (χ1) is 68.7. The summed E-state index contributed by atoms with van der Waals surface area (Å²) in [4.78, 5) is 99.1. The Labute approximate surface area is 806 Å². The molecule has 15 aromatic rings. The van der Waals surface area contributed by atoms with Crippen LogP contribution in [-0.2, 0) is 60.4 Å². The third kappa shape index (κ3) is 27.3. The van der Waals surface area contributed by atoms with E-state index in [1.807, 2.05) is 33.4 Å². The van der Waals surface area contributed by atoms with Crippen molar-refractivity contribution in [2.24, 2.45) is 0 Å². The Balaban J connectivity index is 0.000000143. The molecule has 5 aliphatic rings. The van der Waals surface area contributed by atoms with Crippen LogP contribution in [0.15, 0.2) is 159 Å². The molecule has 7 aromatic heterocycles. The molecular formula is C96H99F9N18O20. The van der Waals surface area contributed by atoms with Gasteiger partial charge in [0, 0.05) is 139 Å². The van der Waals surface area contributed by atoms with Gasteiger partial charge >= 0.3 is 55.4 Å². The average molecular weight is 2000 g/mol. The highest BCUT2D eigenvalue weighted by Gasteiger charge is 2.36. The maximum absolute atomic E-state index is 12.6. The van der Waals surface area contributed by atoms with Crippen molar-refractivity contribution in [2.75, 3.05) is 119 Å². The number of amides is 1. The summed E-state index contributed by atoms with van der Waals surface area (Å²) in [5.41, 5.74) is 25.4. The third-order valence-electron chi connectivity index (χ3n) is 23.5. The number of oxazole rings is 3. The first-order valence-corrected chi connectivity index (χ1v) is 45.4. The molecular weight excluding hydrogens is 1900 g/mol. The molecule has 38 nitrogen and oxygen atoms in total. The molecule has 5 saturated heterocycles. The minimum atomic E-state index is -4.82. The molecule has 8 aromatic carbocycles. The molecule has 0 radical (unpaired) electrons. The summed E-state index contributed by atoms with van der Waals surface area (Å²) >= 11 is 0. The van der Waals surface area contributed by atoms with Crippen LogP contribution in [0.1, 0.15) is 151 Å². The number of ether oxygens (including phenoxy) is 9. The SMILES string of the molecule is CC(=O)c1ccc2c(c1)nc(N)n2C1CCOCC1.CCc1ccc(NC2CCOCC2)c(N)c1.CCc1ccc2c(c1)nc(Nc1nc3ccc(OC(F)(F)F)cc3o1)n2C1CCOCC1.COCCNC(=O)c1ccc2c(c1)nc(Nc1nc3ccc(OC(F)(F)F)cc3o1)n2C1CCOCC1.O=C(O)c1ccc2c(c1)nc(Nc1nc3ccc(OC(F)(F)F)cc3o1)n2C1CCOCC1.O=C=O.O=C=O. The van der Waals surface area contributed by atoms with Gasteiger partial charge < -0.3 is 101 Å². The zero-order chi connectivity index (χ0) is 102. The van der Waals surface area contributed by atoms with Crippen molar-refractivity contribution in [2.45, 2.75) is 147 Å². The fraction of sp³-hybridized carbons (Fsp3) is 0.375. The predicted molar refractivity (Wildman–Crippen MR) is 500 cm³/mol. The molecule has 0 bridgehead atoms. The number of halogens is 9. The molecule has 5 fully saturated rings. The highest BCUT2D eigenvalue weighted by atomic mass is 19.4. The first-order valence-electron chi connectivity index (χ1n) is 45.4. The molecule has 1 amide bonds. The summed E-state index contributed by atoms with van der Waals surface area (Å²) in [7, 11) is 1.56. The topological polar surface area (TPSA) is 484 Å². The van der Waals surface area contributed by atoms with Gasteiger partial charge in [-0.15, -0.1) is 39.5 Å². The molecule has 0 saturated carbocycles. The number of nitrogens with one attached hydrogen (secondary N) is 5. The van der Waals surface area contributed by atoms with Crippen molar-refractivity contribution in [3.05, 3.63) is 173 Å². The van der Waals surface area contributed by atoms with E-state index in [1.54, 1.807) is 32.2 Å². The number of alkyl halides is 9. The summed E-state index contributed by atoms with van der Waals surface area (Å²) < 4.78 is 182. The van der Waals surface area contributed by atoms with Crippen molar-refractivity contribution >= 4 is 161 Å². The zero-order valence-electron chi connectivity index (χ0n) is 77.4. The Morgan fingerprint density at radius 2 is 0.755 bits per heavy atom. The number of imidazole rings is 4. The number of anilines is 9. The quantitative estimate of drug-likeness (QED) is 0.0128. The number of ketones is 1. The molecule has 5 aliphatic heterocycles. The lowest BCUT2D eigenvalue weighted by atomic mass is 10.1. The number of Topliss-reactive ketones (excluding diaryl/α,β-unsaturated/α-hetero) is 1. The van der Waals surface area contributed by atoms with Crippen LogP contribution in [0, 0.1) is 0 Å². The Morgan fingerprint density at radius 3 is 1.13 bits per heavy atom. The Morgan fingerprint density at radius 1 is 0.420 bits per heavy atom. The van der Waals surface area contributed by atoms with Crippen LogP contribution in [0.25, 0.3) is 77.4 Å². The normalized spacial score (nSPS) is 15.1. The molecule has 0 aliphatic carbocycles. The monoisotopic (exact) mass is 1990 g/mol. The summed E-state index contributed by atoms with van der Waals surface area (Å²) in [5, 5.41) is 24.8. The molecule has 0 spiro atoms. The van der Waals surface area contributed by atoms with E-state index in [0.29, 0.717) is 127 Å². The number of nitrogens with zero attached hydrogens (tertiary/aromatic N) is 11. The number of carboxylic acids is 1. The number of hydrogen-bond donors (Lipinski definition) is 8. The molecule has 12 heterocycles. The molecule has 143 heavy (non-hydrogen) atoms. The van der Waals surface area contributed by atoms with Gasteiger partial charge in [-0.05, 0) is 210 Å². The minimum absolute atomic E-state index is 0.0243. The summed E-state index contributed by atoms with van der Waals surface area (Å²) in [5.74, 6) is -0.583. The van der Waals surface area contributed by atoms with Crippen LogP contribution < -0.4 is 52.3 Å². The highest BCUT2D eigenvalue weighted by molar-refractivity contribution is 5.99. The Kier molecular flexibility index (Phi) is 34.3. The third-order valence-corrected chi connectivity index (χ3v) is 23.5. The van der Waals surface area contributed by atoms with Crippen LogP contribution >= 0.6 is 0 Å². The second-order valence-corrected chi connectivity index (χ2v) is 33.0. The average Bonchev–Trinajstić information content (AvgIpc) is 1.61. The van der Waals surface area contributed by atoms with Gasteiger partial charge in [-0.3, -0.25) is 25.5 Å². The molecule has 10 N–H and O–H groups in total. The van der Waals surface area contributed by atoms with Gasteiger partial charge in [-0.25, -0.2) is 24.7 Å². The number of rotatable bonds is 23. The van der Waals surface area contributed by atoms with E-state index in [1.165, 1.54) is 53.6 Å². The van der Waals surface area contributed by atoms with Gasteiger partial charge in [-0.2, -0.15) is 34.1 Å². The van der Waals surface area contributed by atoms with Gasteiger partial charge in [-0.1, -0.05) is 26.0 Å². The number of aryl methyl sites for hydroxylation is 2. The summed E-state index contributed by atoms with van der Waals surface area (Å²) in [6, 6.07) is 40.4. The van der Waals surface area contributed by atoms with E-state index in [0.717, 1.165) is 172 Å². The van der Waals surface area contributed by atoms with E-state index in [2.05, 4.69) is 125 Å². The maximum atomic E-state index is 12.6. The summed E-state index contributed by atoms with van der Waals surface area (Å²) in [6.07, 6.45) is -3.30. The molecule has 20 rings (SSSR count). The van der Waals surface area contributed by atoms with Crippen molar-refractivity contribution in [3.63, 3.8) is 0 Å². The number of aromatic carboxylic acids is 1. The zero-order valence-corrected chi connectivity index (χ0v) is 77.4. The smallest absolute Gasteiger partial charge is 0.478 e. The number of carbonyl (C=O) groups is 3. The van der Waals surface area contributed by atoms with Gasteiger partial charge in [0.25, 0.3) is 5.91 Å². The molecule has 0 atom stereocenters. The molecule has 756 valence electrons. The Hall–Kier alpha value is -15.3. The minimum Gasteiger partial charge on any atom is -0.478 e. The molecule has 0 unspecified atom stereocenters. The fourth-order valence-corrected chi connectivity index (χ4v) is 16.9. The van der Waals surface area contributed by atoms with Crippen molar-refractivity contribution in [1.29, 1.82) is 0 Å². The summed E-state index contributed by atoms with van der Waals surface area (Å²) in [6.45, 7) is 13.4. The van der Waals surface area contributed by atoms with E-state index < -0.39 is 36.6 Å². The maximum Gasteiger partial charge on any atom is 0.573 e. The van der Waals surface area contributed by atoms with Crippen LogP contribution in [0.3, 0.4) is 0 Å². The number of carboxylic acid groups (broad SMARTS) is 1. The lowest BCUT2D eigenvalue weighted by Gasteiger charge is -2.25. The first kappa shape index (κ1) is 104. The second kappa shape index (κ2) is 47.3. The van der Waals surface area contributed by atoms with Gasteiger partial charge in [0.05, 0.1) is 67.7 Å². The Bertz CT molecular complexity index is 6980. The highest BCUT2D eigenvalue weighted by Crippen LogP contribution is 2.41. The van der Waals surface area contributed by atoms with Crippen molar-refractivity contribution < 1.29 is 134 Å². The molecule has 47 heteroatoms. The van der Waals surface area contributed by atoms with Gasteiger partial charge in [0.15, 0.2) is 22.5 Å². The number of hydrogen-bond acceptors (Lipinski definition) is 32. The van der Waals surface area contributed by atoms with E-state index in [-0.39, 0.29) is 88.2 Å². The second-order valence-electron chi connectivity index (χ2n) is 33.0. The lowest BCUT2D eigenvalue weighted by Crippen LogP contribution is -2.28. The predicted octanol–water partition coefficient (Wildman–Crippen LogP) is 18.6. The van der Waals surface area contributed by atoms with Crippen molar-refractivity contribution in [3.8, 4) is 17.2 Å². The van der Waals surface area contributed by atoms with Gasteiger partial charge in [0.2, 0.25) is 23.8 Å². The standard InChI is InChI=1S/C24H24F3N5O5.C22H21F3N4O3.C21H17F3N4O5.C14H17N3O2.C13H20N2O.2CO2/c1-34-11-8-28-21(33)14-2-5-19-18(12-14)29-22(32(19)15-6-9-35-10-7-15)31-23-30-17-4-3-16(13-20(17)36-23)37-24(25,26)27;1-2-13-3-6-18-17(11-13)26-20(29(18)14-7-9-30-10-8-14)28-21-27-16-5-4-15(12-19(16)31-21)32-22(23,24)25;22-21(23,24)33-13-2-3-14-17(10-13)32-20(26-14)27-19-25-15-9-11(18(29)30)1-4-16(15)28(19)12-5-7-31-8-6-12;1-9(18)10-2-3-13-12(8-10)16-14(15)17(13)11-4-6-19-7-5-11;1-2-10-3-4-13(12(14)9-10)15-11-5-7-16-8-6-11;2*2-1-3/h2-5,12-13,15H,6-11H2,1H3,(H,28,33)(H,29,30,31);3-6,11-12,14H,2,7-10H2,1H3,(H,26,27,28);1-4,9-10,12H,5-8H2,(H,29,30)(H,25,26,27);2-3,8,11H,4-7H2,1H3,(H2,15,16);3-4,9,11,15H,2,5-8,14H2,1H3;;. The van der Waals surface area contributed by atoms with E-state index >= 15 is 0 Å². The number of nitrogen functional groups attached to an aromatic ring is 2. The largest absolute Gasteiger partial charge is 0.573 e. The van der Waals surface area contributed by atoms with Gasteiger partial charge in [0.1, 0.15) is 33.8 Å². The number of aromatic nitrogens is 11. The number of benzene rings is 8. The van der Waals surface area contributed by atoms with E-state index in [9.17, 15) is 59.0 Å². The van der Waals surface area contributed by atoms with E-state index in [4.69, 9.17) is 82.3 Å². The number of carbonyl (C=O) groups excluding carboxylic acids is 6.